The van der Waals surface area contributed by atoms with Crippen LogP contribution in [0.25, 0.3) is 0 Å². The molecule has 1 heterocycles. The molecule has 0 amide bonds. The molecule has 4 heteroatoms. The molecule has 1 aliphatic heterocycles. The largest absolute Gasteiger partial charge is 0.371 e. The van der Waals surface area contributed by atoms with E-state index in [4.69, 9.17) is 12.2 Å². The number of benzene rings is 2. The van der Waals surface area contributed by atoms with Gasteiger partial charge in [-0.2, -0.15) is 0 Å². The van der Waals surface area contributed by atoms with Crippen LogP contribution in [0.4, 0.5) is 11.4 Å². The predicted molar refractivity (Wildman–Crippen MR) is 146 cm³/mol. The Bertz CT molecular complexity index is 949. The van der Waals surface area contributed by atoms with E-state index in [-0.39, 0.29) is 0 Å². The highest BCUT2D eigenvalue weighted by Gasteiger charge is 2.29. The number of hydrogen-bond donors (Lipinski definition) is 1. The minimum Gasteiger partial charge on any atom is -0.371 e. The summed E-state index contributed by atoms with van der Waals surface area (Å²) < 4.78 is 0. The molecule has 2 atom stereocenters. The molecule has 3 nitrogen and oxygen atoms in total. The Balaban J connectivity index is 1.60. The van der Waals surface area contributed by atoms with E-state index >= 15 is 0 Å². The maximum absolute atomic E-state index is 6.09. The van der Waals surface area contributed by atoms with Gasteiger partial charge in [-0.3, -0.25) is 0 Å². The first-order valence-corrected chi connectivity index (χ1v) is 13.4. The van der Waals surface area contributed by atoms with Crippen molar-refractivity contribution in [3.8, 4) is 0 Å². The first-order valence-electron chi connectivity index (χ1n) is 13.0. The molecule has 2 aromatic rings. The van der Waals surface area contributed by atoms with Gasteiger partial charge in [-0.1, -0.05) is 57.0 Å². The average Bonchev–Trinajstić information content (AvgIpc) is 2.81. The molecular formula is C29H41N3S. The van der Waals surface area contributed by atoms with Gasteiger partial charge in [0.15, 0.2) is 5.11 Å². The van der Waals surface area contributed by atoms with Crippen molar-refractivity contribution >= 4 is 28.7 Å². The Kier molecular flexibility index (Phi) is 7.95. The zero-order chi connectivity index (χ0) is 23.4. The summed E-state index contributed by atoms with van der Waals surface area (Å²) in [5.41, 5.74) is 8.00. The van der Waals surface area contributed by atoms with Gasteiger partial charge in [0.25, 0.3) is 0 Å². The van der Waals surface area contributed by atoms with Crippen molar-refractivity contribution in [2.24, 2.45) is 5.92 Å². The molecule has 2 aliphatic rings. The summed E-state index contributed by atoms with van der Waals surface area (Å²) in [6.45, 7) is 12.2. The van der Waals surface area contributed by atoms with E-state index < -0.39 is 0 Å². The van der Waals surface area contributed by atoms with E-state index in [0.29, 0.717) is 12.0 Å². The number of hydrogen-bond acceptors (Lipinski definition) is 2. The standard InChI is InChI=1S/C29H41N3S/c1-5-17-31-18-9-13-25-19-24(15-16-27(25)31)20-32(26-14-7-6-10-21(26)2)29(33)30-28-22(3)11-8-12-23(28)4/h8,11-12,15-16,19,21,26H,5-7,9-10,13-14,17-18,20H2,1-4H3,(H,30,33)/t21-,26-/m0/s1. The van der Waals surface area contributed by atoms with Gasteiger partial charge in [-0.15, -0.1) is 0 Å². The van der Waals surface area contributed by atoms with Crippen molar-refractivity contribution in [2.45, 2.75) is 85.2 Å². The van der Waals surface area contributed by atoms with E-state index in [1.165, 1.54) is 79.4 Å². The lowest BCUT2D eigenvalue weighted by Gasteiger charge is -2.41. The quantitative estimate of drug-likeness (QED) is 0.455. The summed E-state index contributed by atoms with van der Waals surface area (Å²) in [6, 6.07) is 14.1. The maximum Gasteiger partial charge on any atom is 0.174 e. The second kappa shape index (κ2) is 10.9. The van der Waals surface area contributed by atoms with Gasteiger partial charge in [0, 0.05) is 37.1 Å². The average molecular weight is 464 g/mol. The summed E-state index contributed by atoms with van der Waals surface area (Å²) >= 11 is 6.09. The number of para-hydroxylation sites is 1. The normalized spacial score (nSPS) is 20.3. The lowest BCUT2D eigenvalue weighted by atomic mass is 9.84. The highest BCUT2D eigenvalue weighted by molar-refractivity contribution is 7.80. The second-order valence-corrected chi connectivity index (χ2v) is 10.6. The Morgan fingerprint density at radius 1 is 1.09 bits per heavy atom. The van der Waals surface area contributed by atoms with Crippen molar-refractivity contribution in [1.29, 1.82) is 0 Å². The first-order chi connectivity index (χ1) is 16.0. The number of nitrogens with one attached hydrogen (secondary N) is 1. The predicted octanol–water partition coefficient (Wildman–Crippen LogP) is 7.24. The second-order valence-electron chi connectivity index (χ2n) is 10.2. The number of thiocarbonyl (C=S) groups is 1. The number of anilines is 2. The maximum atomic E-state index is 6.09. The third kappa shape index (κ3) is 5.54. The molecule has 0 aromatic heterocycles. The molecule has 1 aliphatic carbocycles. The molecule has 33 heavy (non-hydrogen) atoms. The summed E-state index contributed by atoms with van der Waals surface area (Å²) in [6.07, 6.45) is 8.81. The van der Waals surface area contributed by atoms with Crippen LogP contribution in [0.2, 0.25) is 0 Å². The van der Waals surface area contributed by atoms with Gasteiger partial charge in [-0.05, 0) is 92.4 Å². The van der Waals surface area contributed by atoms with Crippen LogP contribution in [0, 0.1) is 19.8 Å². The van der Waals surface area contributed by atoms with Gasteiger partial charge in [0.2, 0.25) is 0 Å². The third-order valence-electron chi connectivity index (χ3n) is 7.65. The summed E-state index contributed by atoms with van der Waals surface area (Å²) in [4.78, 5) is 5.07. The smallest absolute Gasteiger partial charge is 0.174 e. The zero-order valence-corrected chi connectivity index (χ0v) is 21.8. The fourth-order valence-corrected chi connectivity index (χ4v) is 6.12. The van der Waals surface area contributed by atoms with Gasteiger partial charge in [0.1, 0.15) is 0 Å². The van der Waals surface area contributed by atoms with Crippen molar-refractivity contribution < 1.29 is 0 Å². The van der Waals surface area contributed by atoms with Crippen LogP contribution in [0.3, 0.4) is 0 Å². The Labute approximate surface area is 206 Å². The molecule has 0 bridgehead atoms. The highest BCUT2D eigenvalue weighted by atomic mass is 32.1. The summed E-state index contributed by atoms with van der Waals surface area (Å²) in [7, 11) is 0. The Morgan fingerprint density at radius 3 is 2.58 bits per heavy atom. The highest BCUT2D eigenvalue weighted by Crippen LogP contribution is 2.32. The zero-order valence-electron chi connectivity index (χ0n) is 21.0. The monoisotopic (exact) mass is 463 g/mol. The molecule has 178 valence electrons. The van der Waals surface area contributed by atoms with Crippen LogP contribution in [0.15, 0.2) is 36.4 Å². The Morgan fingerprint density at radius 2 is 1.85 bits per heavy atom. The molecule has 1 saturated carbocycles. The van der Waals surface area contributed by atoms with Gasteiger partial charge < -0.3 is 15.1 Å². The van der Waals surface area contributed by atoms with Crippen LogP contribution in [0.1, 0.15) is 74.6 Å². The fourth-order valence-electron chi connectivity index (χ4n) is 5.82. The molecule has 0 saturated heterocycles. The topological polar surface area (TPSA) is 18.5 Å². The number of nitrogens with zero attached hydrogens (tertiary/aromatic N) is 2. The molecule has 1 fully saturated rings. The molecule has 1 N–H and O–H groups in total. The lowest BCUT2D eigenvalue weighted by Crippen LogP contribution is -2.46. The number of aryl methyl sites for hydroxylation is 3. The first kappa shape index (κ1) is 24.1. The molecule has 4 rings (SSSR count). The van der Waals surface area contributed by atoms with Crippen LogP contribution in [-0.2, 0) is 13.0 Å². The van der Waals surface area contributed by atoms with Crippen LogP contribution >= 0.6 is 12.2 Å². The van der Waals surface area contributed by atoms with E-state index in [1.807, 2.05) is 0 Å². The molecular weight excluding hydrogens is 422 g/mol. The van der Waals surface area contributed by atoms with E-state index in [9.17, 15) is 0 Å². The SMILES string of the molecule is CCCN1CCCc2cc(CN(C(=S)Nc3c(C)cccc3C)[C@H]3CCCC[C@@H]3C)ccc21. The Hall–Kier alpha value is -2.07. The van der Waals surface area contributed by atoms with Gasteiger partial charge in [0.05, 0.1) is 0 Å². The van der Waals surface area contributed by atoms with Crippen LogP contribution in [-0.4, -0.2) is 29.1 Å². The lowest BCUT2D eigenvalue weighted by molar-refractivity contribution is 0.177. The number of fused-ring (bicyclic) bond motifs is 1. The molecule has 0 spiro atoms. The van der Waals surface area contributed by atoms with Crippen molar-refractivity contribution in [3.63, 3.8) is 0 Å². The van der Waals surface area contributed by atoms with Gasteiger partial charge >= 0.3 is 0 Å². The van der Waals surface area contributed by atoms with Crippen molar-refractivity contribution in [3.05, 3.63) is 58.7 Å². The summed E-state index contributed by atoms with van der Waals surface area (Å²) in [5.74, 6) is 0.661. The minimum absolute atomic E-state index is 0.496. The molecule has 2 aromatic carbocycles. The minimum atomic E-state index is 0.496. The van der Waals surface area contributed by atoms with Crippen LogP contribution in [0.5, 0.6) is 0 Å². The molecule has 0 radical (unpaired) electrons. The van der Waals surface area contributed by atoms with Crippen molar-refractivity contribution in [1.82, 2.24) is 4.90 Å². The van der Waals surface area contributed by atoms with Crippen molar-refractivity contribution in [2.75, 3.05) is 23.3 Å². The van der Waals surface area contributed by atoms with E-state index in [0.717, 1.165) is 23.9 Å². The summed E-state index contributed by atoms with van der Waals surface area (Å²) in [5, 5.41) is 4.52. The third-order valence-corrected chi connectivity index (χ3v) is 7.98. The molecule has 0 unspecified atom stereocenters. The van der Waals surface area contributed by atoms with E-state index in [1.54, 1.807) is 0 Å². The number of rotatable bonds is 6. The fraction of sp³-hybridized carbons (Fsp3) is 0.552. The van der Waals surface area contributed by atoms with Gasteiger partial charge in [-0.25, -0.2) is 0 Å². The van der Waals surface area contributed by atoms with Crippen LogP contribution < -0.4 is 10.2 Å². The van der Waals surface area contributed by atoms with E-state index in [2.05, 4.69) is 79.2 Å².